The van der Waals surface area contributed by atoms with Gasteiger partial charge in [0.1, 0.15) is 0 Å². The fourth-order valence-corrected chi connectivity index (χ4v) is 1.99. The standard InChI is InChI=1S/2C5H8O2.Sn/c2*1-4(6)3-5(2)7;/h2*3,6H,1-2H3;/q;;+2/p-2/b2*4-3-;. The molecule has 0 atom stereocenters. The van der Waals surface area contributed by atoms with Gasteiger partial charge in [0.15, 0.2) is 0 Å². The zero-order chi connectivity index (χ0) is 11.8. The van der Waals surface area contributed by atoms with Gasteiger partial charge in [-0.25, -0.2) is 0 Å². The molecule has 0 heterocycles. The molecule has 0 amide bonds. The van der Waals surface area contributed by atoms with Crippen molar-refractivity contribution >= 4 is 33.5 Å². The van der Waals surface area contributed by atoms with E-state index in [0.717, 1.165) is 0 Å². The van der Waals surface area contributed by atoms with E-state index < -0.39 is 22.0 Å². The molecule has 4 nitrogen and oxygen atoms in total. The molecule has 5 heteroatoms. The first-order valence-electron chi connectivity index (χ1n) is 4.38. The molecule has 0 saturated carbocycles. The van der Waals surface area contributed by atoms with Crippen LogP contribution in [0.3, 0.4) is 0 Å². The van der Waals surface area contributed by atoms with Gasteiger partial charge in [-0.05, 0) is 0 Å². The summed E-state index contributed by atoms with van der Waals surface area (Å²) in [6.07, 6.45) is 2.82. The first-order valence-corrected chi connectivity index (χ1v) is 6.71. The minimum atomic E-state index is -1.48. The number of rotatable bonds is 6. The molecule has 0 aliphatic carbocycles. The predicted octanol–water partition coefficient (Wildman–Crippen LogP) is 1.54. The molecule has 15 heavy (non-hydrogen) atoms. The summed E-state index contributed by atoms with van der Waals surface area (Å²) in [7, 11) is 0. The van der Waals surface area contributed by atoms with E-state index in [9.17, 15) is 9.59 Å². The van der Waals surface area contributed by atoms with E-state index in [4.69, 9.17) is 6.15 Å². The zero-order valence-corrected chi connectivity index (χ0v) is 12.1. The van der Waals surface area contributed by atoms with Gasteiger partial charge in [-0.2, -0.15) is 0 Å². The van der Waals surface area contributed by atoms with E-state index >= 15 is 0 Å². The summed E-state index contributed by atoms with van der Waals surface area (Å²) in [4.78, 5) is 21.3. The molecule has 0 spiro atoms. The average molecular weight is 317 g/mol. The fourth-order valence-electron chi connectivity index (χ4n) is 0.784. The van der Waals surface area contributed by atoms with Crippen LogP contribution in [0.4, 0.5) is 0 Å². The van der Waals surface area contributed by atoms with Gasteiger partial charge in [-0.3, -0.25) is 0 Å². The summed E-state index contributed by atoms with van der Waals surface area (Å²) in [6.45, 7) is 6.32. The molecule has 0 fully saturated rings. The number of carbonyl (C=O) groups excluding carboxylic acids is 2. The van der Waals surface area contributed by atoms with Crippen molar-refractivity contribution in [1.29, 1.82) is 0 Å². The number of ketones is 2. The Morgan fingerprint density at radius 2 is 1.20 bits per heavy atom. The summed E-state index contributed by atoms with van der Waals surface area (Å²) in [5.74, 6) is 1.01. The molecule has 82 valence electrons. The Morgan fingerprint density at radius 1 is 0.867 bits per heavy atom. The summed E-state index contributed by atoms with van der Waals surface area (Å²) in [6, 6.07) is 0. The third-order valence-electron chi connectivity index (χ3n) is 1.22. The van der Waals surface area contributed by atoms with Crippen LogP contribution in [0.5, 0.6) is 0 Å². The van der Waals surface area contributed by atoms with Crippen molar-refractivity contribution in [2.24, 2.45) is 0 Å². The molecule has 0 aromatic carbocycles. The van der Waals surface area contributed by atoms with Gasteiger partial charge in [0.05, 0.1) is 0 Å². The Labute approximate surface area is 101 Å². The van der Waals surface area contributed by atoms with E-state index in [2.05, 4.69) is 0 Å². The van der Waals surface area contributed by atoms with Gasteiger partial charge < -0.3 is 0 Å². The van der Waals surface area contributed by atoms with Crippen LogP contribution in [-0.2, 0) is 15.7 Å². The Morgan fingerprint density at radius 3 is 1.47 bits per heavy atom. The Bertz CT molecular complexity index is 275. The van der Waals surface area contributed by atoms with Crippen molar-refractivity contribution in [3.63, 3.8) is 0 Å². The quantitative estimate of drug-likeness (QED) is 0.424. The van der Waals surface area contributed by atoms with E-state index in [1.807, 2.05) is 0 Å². The number of hydrogen-bond acceptors (Lipinski definition) is 4. The molecule has 2 radical (unpaired) electrons. The number of hydrogen-bond donors (Lipinski definition) is 0. The average Bonchev–Trinajstić information content (AvgIpc) is 2.00. The third kappa shape index (κ3) is 9.52. The van der Waals surface area contributed by atoms with Crippen LogP contribution in [0.1, 0.15) is 27.7 Å². The topological polar surface area (TPSA) is 52.6 Å². The Hall–Kier alpha value is -0.781. The molecule has 0 saturated heterocycles. The van der Waals surface area contributed by atoms with Crippen LogP contribution in [0, 0.1) is 0 Å². The summed E-state index contributed by atoms with van der Waals surface area (Å²) < 4.78 is 10.5. The summed E-state index contributed by atoms with van der Waals surface area (Å²) in [5.41, 5.74) is 0. The Kier molecular flexibility index (Phi) is 7.11. The van der Waals surface area contributed by atoms with Crippen LogP contribution in [-0.4, -0.2) is 33.5 Å². The second-order valence-electron chi connectivity index (χ2n) is 3.02. The van der Waals surface area contributed by atoms with E-state index in [0.29, 0.717) is 11.5 Å². The number of allylic oxidation sites excluding steroid dienone is 4. The normalized spacial score (nSPS) is 12.3. The maximum absolute atomic E-state index is 10.7. The van der Waals surface area contributed by atoms with Gasteiger partial charge in [0, 0.05) is 0 Å². The van der Waals surface area contributed by atoms with E-state index in [1.165, 1.54) is 26.0 Å². The van der Waals surface area contributed by atoms with Crippen molar-refractivity contribution in [3.05, 3.63) is 23.7 Å². The molecule has 0 aliphatic rings. The molecule has 0 N–H and O–H groups in total. The second-order valence-corrected chi connectivity index (χ2v) is 4.66. The van der Waals surface area contributed by atoms with Crippen molar-refractivity contribution in [1.82, 2.24) is 0 Å². The molecular formula is C10H14O4Sn. The van der Waals surface area contributed by atoms with E-state index in [-0.39, 0.29) is 11.6 Å². The minimum absolute atomic E-state index is 0.0529. The van der Waals surface area contributed by atoms with Crippen LogP contribution < -0.4 is 0 Å². The molecule has 0 bridgehead atoms. The van der Waals surface area contributed by atoms with E-state index in [1.54, 1.807) is 13.8 Å². The van der Waals surface area contributed by atoms with Crippen molar-refractivity contribution in [3.8, 4) is 0 Å². The van der Waals surface area contributed by atoms with Crippen molar-refractivity contribution < 1.29 is 15.7 Å². The van der Waals surface area contributed by atoms with Crippen molar-refractivity contribution in [2.75, 3.05) is 0 Å². The van der Waals surface area contributed by atoms with Crippen LogP contribution in [0.15, 0.2) is 23.7 Å². The van der Waals surface area contributed by atoms with Gasteiger partial charge in [-0.15, -0.1) is 0 Å². The van der Waals surface area contributed by atoms with Crippen LogP contribution >= 0.6 is 0 Å². The second kappa shape index (κ2) is 7.50. The van der Waals surface area contributed by atoms with Crippen LogP contribution in [0.25, 0.3) is 0 Å². The van der Waals surface area contributed by atoms with Gasteiger partial charge >= 0.3 is 101 Å². The monoisotopic (exact) mass is 318 g/mol. The zero-order valence-electron chi connectivity index (χ0n) is 9.29. The fraction of sp³-hybridized carbons (Fsp3) is 0.400. The summed E-state index contributed by atoms with van der Waals surface area (Å²) >= 11 is -1.48. The number of carbonyl (C=O) groups is 2. The van der Waals surface area contributed by atoms with Gasteiger partial charge in [0.2, 0.25) is 0 Å². The molecule has 0 aromatic rings. The molecule has 0 aromatic heterocycles. The first kappa shape index (κ1) is 14.2. The maximum atomic E-state index is 10.7. The SMILES string of the molecule is CC(=O)/C=C(/C)[O][Sn][O]/C(C)=C\C(C)=O. The van der Waals surface area contributed by atoms with Crippen LogP contribution in [0.2, 0.25) is 0 Å². The summed E-state index contributed by atoms with van der Waals surface area (Å²) in [5, 5.41) is 0. The predicted molar refractivity (Wildman–Crippen MR) is 56.8 cm³/mol. The third-order valence-corrected chi connectivity index (χ3v) is 3.53. The molecule has 0 rings (SSSR count). The van der Waals surface area contributed by atoms with Gasteiger partial charge in [0.25, 0.3) is 0 Å². The van der Waals surface area contributed by atoms with Crippen molar-refractivity contribution in [2.45, 2.75) is 27.7 Å². The molecular weight excluding hydrogens is 303 g/mol. The first-order chi connectivity index (χ1) is 6.91. The molecule has 0 unspecified atom stereocenters. The molecule has 0 aliphatic heterocycles. The van der Waals surface area contributed by atoms with Gasteiger partial charge in [-0.1, -0.05) is 0 Å². The Balaban J connectivity index is 3.90.